The molecule has 3 rings (SSSR count). The highest BCUT2D eigenvalue weighted by molar-refractivity contribution is 5.62. The third-order valence-corrected chi connectivity index (χ3v) is 3.26. The minimum absolute atomic E-state index is 0.223. The van der Waals surface area contributed by atoms with Crippen LogP contribution in [-0.2, 0) is 6.42 Å². The number of alkyl halides is 3. The smallest absolute Gasteiger partial charge is 0.448 e. The maximum absolute atomic E-state index is 13.5. The Morgan fingerprint density at radius 2 is 1.60 bits per heavy atom. The largest absolute Gasteiger partial charge is 0.456 e. The van der Waals surface area contributed by atoms with E-state index in [0.717, 1.165) is 0 Å². The second kappa shape index (κ2) is 4.44. The van der Waals surface area contributed by atoms with E-state index < -0.39 is 11.9 Å². The van der Waals surface area contributed by atoms with Gasteiger partial charge in [0.25, 0.3) is 5.72 Å². The SMILES string of the molecule is FC(F)(F)C1(Cc2ccccc2)Nc2ccccc2O1. The third kappa shape index (κ3) is 2.09. The summed E-state index contributed by atoms with van der Waals surface area (Å²) in [7, 11) is 0. The highest BCUT2D eigenvalue weighted by Crippen LogP contribution is 2.45. The van der Waals surface area contributed by atoms with E-state index in [1.54, 1.807) is 48.5 Å². The lowest BCUT2D eigenvalue weighted by Gasteiger charge is -2.31. The highest BCUT2D eigenvalue weighted by atomic mass is 19.4. The number of halogens is 3. The first-order valence-electron chi connectivity index (χ1n) is 6.17. The van der Waals surface area contributed by atoms with E-state index in [4.69, 9.17) is 4.74 Å². The van der Waals surface area contributed by atoms with E-state index in [-0.39, 0.29) is 12.2 Å². The number of para-hydroxylation sites is 2. The van der Waals surface area contributed by atoms with Crippen molar-refractivity contribution < 1.29 is 17.9 Å². The van der Waals surface area contributed by atoms with Crippen LogP contribution in [0.4, 0.5) is 18.9 Å². The van der Waals surface area contributed by atoms with Gasteiger partial charge in [0.15, 0.2) is 0 Å². The van der Waals surface area contributed by atoms with Crippen LogP contribution in [0.15, 0.2) is 54.6 Å². The molecule has 5 heteroatoms. The van der Waals surface area contributed by atoms with Gasteiger partial charge in [0.05, 0.1) is 5.69 Å². The quantitative estimate of drug-likeness (QED) is 0.897. The molecule has 20 heavy (non-hydrogen) atoms. The molecule has 0 aliphatic carbocycles. The van der Waals surface area contributed by atoms with Crippen LogP contribution < -0.4 is 10.1 Å². The van der Waals surface area contributed by atoms with Crippen LogP contribution in [0.5, 0.6) is 5.75 Å². The van der Waals surface area contributed by atoms with E-state index in [9.17, 15) is 13.2 Å². The van der Waals surface area contributed by atoms with Crippen molar-refractivity contribution in [3.63, 3.8) is 0 Å². The number of benzene rings is 2. The zero-order valence-electron chi connectivity index (χ0n) is 10.4. The molecule has 0 spiro atoms. The Morgan fingerprint density at radius 1 is 0.950 bits per heavy atom. The van der Waals surface area contributed by atoms with Crippen LogP contribution in [0.1, 0.15) is 5.56 Å². The Balaban J connectivity index is 1.97. The minimum Gasteiger partial charge on any atom is -0.456 e. The average molecular weight is 279 g/mol. The van der Waals surface area contributed by atoms with E-state index >= 15 is 0 Å². The topological polar surface area (TPSA) is 21.3 Å². The van der Waals surface area contributed by atoms with Gasteiger partial charge in [-0.1, -0.05) is 42.5 Å². The fraction of sp³-hybridized carbons (Fsp3) is 0.200. The van der Waals surface area contributed by atoms with Gasteiger partial charge in [0.1, 0.15) is 5.75 Å². The molecule has 1 heterocycles. The summed E-state index contributed by atoms with van der Waals surface area (Å²) in [5.74, 6) is 0.223. The lowest BCUT2D eigenvalue weighted by Crippen LogP contribution is -2.55. The fourth-order valence-electron chi connectivity index (χ4n) is 2.28. The van der Waals surface area contributed by atoms with Gasteiger partial charge in [-0.15, -0.1) is 0 Å². The maximum Gasteiger partial charge on any atom is 0.448 e. The molecule has 0 aromatic heterocycles. The maximum atomic E-state index is 13.5. The Bertz CT molecular complexity index is 585. The molecule has 0 saturated heterocycles. The van der Waals surface area contributed by atoms with Crippen molar-refractivity contribution in [1.29, 1.82) is 0 Å². The average Bonchev–Trinajstić information content (AvgIpc) is 2.78. The summed E-state index contributed by atoms with van der Waals surface area (Å²) in [5, 5.41) is 2.49. The summed E-state index contributed by atoms with van der Waals surface area (Å²) in [6.45, 7) is 0. The van der Waals surface area contributed by atoms with Crippen LogP contribution >= 0.6 is 0 Å². The van der Waals surface area contributed by atoms with Crippen molar-refractivity contribution >= 4 is 5.69 Å². The molecule has 0 radical (unpaired) electrons. The van der Waals surface area contributed by atoms with Crippen molar-refractivity contribution in [2.45, 2.75) is 18.3 Å². The molecule has 0 amide bonds. The van der Waals surface area contributed by atoms with Crippen LogP contribution in [0.25, 0.3) is 0 Å². The summed E-state index contributed by atoms with van der Waals surface area (Å²) in [5.41, 5.74) is -1.48. The summed E-state index contributed by atoms with van der Waals surface area (Å²) in [4.78, 5) is 0. The Morgan fingerprint density at radius 3 is 2.25 bits per heavy atom. The first-order chi connectivity index (χ1) is 9.50. The Kier molecular flexibility index (Phi) is 2.85. The van der Waals surface area contributed by atoms with Crippen LogP contribution in [0.2, 0.25) is 0 Å². The van der Waals surface area contributed by atoms with Gasteiger partial charge in [-0.2, -0.15) is 13.2 Å². The normalized spacial score (nSPS) is 20.9. The van der Waals surface area contributed by atoms with Crippen molar-refractivity contribution in [3.05, 3.63) is 60.2 Å². The number of anilines is 1. The summed E-state index contributed by atoms with van der Waals surface area (Å²) >= 11 is 0. The summed E-state index contributed by atoms with van der Waals surface area (Å²) < 4.78 is 45.7. The number of nitrogens with one attached hydrogen (secondary N) is 1. The molecule has 1 aliphatic rings. The fourth-order valence-corrected chi connectivity index (χ4v) is 2.28. The number of ether oxygens (including phenoxy) is 1. The molecule has 0 saturated carbocycles. The molecule has 2 aromatic rings. The van der Waals surface area contributed by atoms with Gasteiger partial charge in [-0.25, -0.2) is 0 Å². The van der Waals surface area contributed by atoms with Gasteiger partial charge in [-0.3, -0.25) is 0 Å². The number of hydrogen-bond acceptors (Lipinski definition) is 2. The molecule has 0 fully saturated rings. The first kappa shape index (κ1) is 12.8. The van der Waals surface area contributed by atoms with Gasteiger partial charge >= 0.3 is 6.18 Å². The van der Waals surface area contributed by atoms with Crippen molar-refractivity contribution in [1.82, 2.24) is 0 Å². The number of fused-ring (bicyclic) bond motifs is 1. The predicted octanol–water partition coefficient (Wildman–Crippen LogP) is 3.99. The third-order valence-electron chi connectivity index (χ3n) is 3.26. The predicted molar refractivity (Wildman–Crippen MR) is 69.6 cm³/mol. The second-order valence-corrected chi connectivity index (χ2v) is 4.71. The van der Waals surface area contributed by atoms with Crippen molar-refractivity contribution in [2.24, 2.45) is 0 Å². The summed E-state index contributed by atoms with van der Waals surface area (Å²) in [6, 6.07) is 14.9. The highest BCUT2D eigenvalue weighted by Gasteiger charge is 2.60. The molecule has 1 atom stereocenters. The minimum atomic E-state index is -4.53. The molecule has 2 aromatic carbocycles. The second-order valence-electron chi connectivity index (χ2n) is 4.71. The molecule has 1 aliphatic heterocycles. The van der Waals surface area contributed by atoms with Crippen LogP contribution in [-0.4, -0.2) is 11.9 Å². The monoisotopic (exact) mass is 279 g/mol. The van der Waals surface area contributed by atoms with E-state index in [1.807, 2.05) is 0 Å². The van der Waals surface area contributed by atoms with Crippen molar-refractivity contribution in [3.8, 4) is 5.75 Å². The van der Waals surface area contributed by atoms with Gasteiger partial charge in [0, 0.05) is 6.42 Å². The summed E-state index contributed by atoms with van der Waals surface area (Å²) in [6.07, 6.45) is -4.81. The van der Waals surface area contributed by atoms with Crippen molar-refractivity contribution in [2.75, 3.05) is 5.32 Å². The van der Waals surface area contributed by atoms with Gasteiger partial charge in [-0.05, 0) is 17.7 Å². The zero-order valence-corrected chi connectivity index (χ0v) is 10.4. The Labute approximate surface area is 114 Å². The van der Waals surface area contributed by atoms with Gasteiger partial charge < -0.3 is 10.1 Å². The standard InChI is InChI=1S/C15H12F3NO/c16-15(17,18)14(10-11-6-2-1-3-7-11)19-12-8-4-5-9-13(12)20-14/h1-9,19H,10H2. The lowest BCUT2D eigenvalue weighted by atomic mass is 10.0. The van der Waals surface area contributed by atoms with Crippen LogP contribution in [0, 0.1) is 0 Å². The number of rotatable bonds is 2. The molecular formula is C15H12F3NO. The Hall–Kier alpha value is -2.17. The number of hydrogen-bond donors (Lipinski definition) is 1. The van der Waals surface area contributed by atoms with E-state index in [2.05, 4.69) is 5.32 Å². The molecule has 104 valence electrons. The van der Waals surface area contributed by atoms with Gasteiger partial charge in [0.2, 0.25) is 0 Å². The lowest BCUT2D eigenvalue weighted by molar-refractivity contribution is -0.232. The molecule has 1 N–H and O–H groups in total. The first-order valence-corrected chi connectivity index (χ1v) is 6.17. The zero-order chi connectivity index (χ0) is 14.2. The van der Waals surface area contributed by atoms with E-state index in [1.165, 1.54) is 6.07 Å². The molecule has 1 unspecified atom stereocenters. The molecule has 2 nitrogen and oxygen atoms in total. The van der Waals surface area contributed by atoms with E-state index in [0.29, 0.717) is 11.3 Å². The molecule has 0 bridgehead atoms. The van der Waals surface area contributed by atoms with Crippen LogP contribution in [0.3, 0.4) is 0 Å². The molecular weight excluding hydrogens is 267 g/mol.